The minimum atomic E-state index is -1.79. The summed E-state index contributed by atoms with van der Waals surface area (Å²) in [5.41, 5.74) is -0.747. The average molecular weight is 420 g/mol. The van der Waals surface area contributed by atoms with Crippen LogP contribution in [0.25, 0.3) is 0 Å². The fourth-order valence-electron chi connectivity index (χ4n) is 3.57. The van der Waals surface area contributed by atoms with Gasteiger partial charge in [0.2, 0.25) is 5.60 Å². The van der Waals surface area contributed by atoms with Crippen LogP contribution in [0.2, 0.25) is 0 Å². The summed E-state index contributed by atoms with van der Waals surface area (Å²) in [5, 5.41) is 11.4. The Morgan fingerprint density at radius 3 is 2.00 bits per heavy atom. The highest BCUT2D eigenvalue weighted by molar-refractivity contribution is 5.85. The molecule has 1 fully saturated rings. The van der Waals surface area contributed by atoms with Crippen molar-refractivity contribution in [2.24, 2.45) is 0 Å². The van der Waals surface area contributed by atoms with Gasteiger partial charge in [0.25, 0.3) is 0 Å². The first-order valence-electron chi connectivity index (χ1n) is 8.78. The molecule has 0 bridgehead atoms. The molecule has 1 aliphatic heterocycles. The molecule has 2 aromatic rings. The second kappa shape index (κ2) is 8.33. The number of piperidine rings is 1. The second-order valence-electron chi connectivity index (χ2n) is 7.45. The topological polar surface area (TPSA) is 46.5 Å². The van der Waals surface area contributed by atoms with Crippen LogP contribution in [0.15, 0.2) is 60.7 Å². The molecule has 140 valence electrons. The van der Waals surface area contributed by atoms with E-state index in [4.69, 9.17) is 4.74 Å². The number of quaternary nitrogens is 1. The van der Waals surface area contributed by atoms with Crippen LogP contribution >= 0.6 is 0 Å². The van der Waals surface area contributed by atoms with Gasteiger partial charge in [0.15, 0.2) is 6.10 Å². The van der Waals surface area contributed by atoms with Gasteiger partial charge in [-0.05, 0) is 17.5 Å². The molecule has 0 saturated carbocycles. The number of benzene rings is 2. The van der Waals surface area contributed by atoms with Gasteiger partial charge in [0, 0.05) is 6.42 Å². The molecule has 0 aromatic heterocycles. The number of hydrogen-bond donors (Lipinski definition) is 1. The molecule has 0 amide bonds. The maximum atomic E-state index is 13.1. The number of esters is 1. The van der Waals surface area contributed by atoms with Crippen molar-refractivity contribution in [3.8, 4) is 0 Å². The first kappa shape index (κ1) is 20.6. The molecule has 0 unspecified atom stereocenters. The van der Waals surface area contributed by atoms with Crippen molar-refractivity contribution in [1.29, 1.82) is 0 Å². The molecule has 1 saturated heterocycles. The number of carbonyl (C=O) groups excluding carboxylic acids is 1. The lowest BCUT2D eigenvalue weighted by Crippen LogP contribution is -3.00. The Morgan fingerprint density at radius 2 is 1.54 bits per heavy atom. The Labute approximate surface area is 165 Å². The van der Waals surface area contributed by atoms with Crippen molar-refractivity contribution in [2.75, 3.05) is 27.2 Å². The summed E-state index contributed by atoms with van der Waals surface area (Å²) in [6, 6.07) is 18.0. The zero-order chi connectivity index (χ0) is 17.9. The van der Waals surface area contributed by atoms with E-state index in [1.54, 1.807) is 24.3 Å². The highest BCUT2D eigenvalue weighted by atomic mass is 79.9. The summed E-state index contributed by atoms with van der Waals surface area (Å²) in [6.45, 7) is 1.85. The number of hydrogen-bond acceptors (Lipinski definition) is 3. The molecule has 0 radical (unpaired) electrons. The predicted octanol–water partition coefficient (Wildman–Crippen LogP) is -0.291. The Kier molecular flexibility index (Phi) is 6.61. The molecule has 2 aromatic carbocycles. The molecule has 4 nitrogen and oxygen atoms in total. The summed E-state index contributed by atoms with van der Waals surface area (Å²) >= 11 is 0. The lowest BCUT2D eigenvalue weighted by atomic mass is 9.86. The van der Waals surface area contributed by atoms with Crippen LogP contribution in [0.5, 0.6) is 0 Å². The molecular weight excluding hydrogens is 394 g/mol. The summed E-state index contributed by atoms with van der Waals surface area (Å²) in [4.78, 5) is 13.1. The Morgan fingerprint density at radius 1 is 1.04 bits per heavy atom. The summed E-state index contributed by atoms with van der Waals surface area (Å²) in [6.07, 6.45) is 1.68. The third kappa shape index (κ3) is 4.34. The predicted molar refractivity (Wildman–Crippen MR) is 96.8 cm³/mol. The van der Waals surface area contributed by atoms with E-state index in [1.807, 2.05) is 36.4 Å². The van der Waals surface area contributed by atoms with E-state index in [1.165, 1.54) is 0 Å². The van der Waals surface area contributed by atoms with E-state index < -0.39 is 11.6 Å². The van der Waals surface area contributed by atoms with Crippen LogP contribution in [0.1, 0.15) is 24.0 Å². The number of ether oxygens (including phenoxy) is 1. The maximum Gasteiger partial charge on any atom is 0.348 e. The summed E-state index contributed by atoms with van der Waals surface area (Å²) in [7, 11) is 4.28. The molecule has 1 aliphatic rings. The van der Waals surface area contributed by atoms with E-state index in [2.05, 4.69) is 14.1 Å². The Bertz CT molecular complexity index is 679. The van der Waals surface area contributed by atoms with Gasteiger partial charge < -0.3 is 31.3 Å². The van der Waals surface area contributed by atoms with Crippen LogP contribution in [-0.4, -0.2) is 48.8 Å². The van der Waals surface area contributed by atoms with Gasteiger partial charge >= 0.3 is 5.97 Å². The van der Waals surface area contributed by atoms with Crippen molar-refractivity contribution in [2.45, 2.75) is 24.5 Å². The quantitative estimate of drug-likeness (QED) is 0.547. The molecular formula is C21H26BrNO3. The van der Waals surface area contributed by atoms with Crippen LogP contribution in [0.4, 0.5) is 0 Å². The summed E-state index contributed by atoms with van der Waals surface area (Å²) in [5.74, 6) is -0.600. The van der Waals surface area contributed by atoms with Crippen LogP contribution in [0, 0.1) is 0 Å². The monoisotopic (exact) mass is 419 g/mol. The second-order valence-corrected chi connectivity index (χ2v) is 7.45. The van der Waals surface area contributed by atoms with E-state index >= 15 is 0 Å². The molecule has 0 spiro atoms. The highest BCUT2D eigenvalue weighted by Crippen LogP contribution is 2.32. The van der Waals surface area contributed by atoms with Gasteiger partial charge in [0.05, 0.1) is 20.6 Å². The van der Waals surface area contributed by atoms with E-state index in [9.17, 15) is 9.90 Å². The number of likely N-dealkylation sites (N-methyl/N-ethyl adjacent to an activating group) is 1. The Hall–Kier alpha value is -1.69. The van der Waals surface area contributed by atoms with Gasteiger partial charge in [-0.25, -0.2) is 4.79 Å². The van der Waals surface area contributed by atoms with Crippen molar-refractivity contribution >= 4 is 5.97 Å². The minimum Gasteiger partial charge on any atom is -1.00 e. The van der Waals surface area contributed by atoms with Crippen molar-refractivity contribution in [1.82, 2.24) is 0 Å². The van der Waals surface area contributed by atoms with Gasteiger partial charge in [-0.3, -0.25) is 0 Å². The van der Waals surface area contributed by atoms with E-state index in [0.717, 1.165) is 30.4 Å². The number of likely N-dealkylation sites (tertiary alicyclic amines) is 1. The summed E-state index contributed by atoms with van der Waals surface area (Å²) < 4.78 is 6.62. The first-order chi connectivity index (χ1) is 11.9. The fraction of sp³-hybridized carbons (Fsp3) is 0.381. The van der Waals surface area contributed by atoms with E-state index in [0.29, 0.717) is 11.1 Å². The van der Waals surface area contributed by atoms with Gasteiger partial charge in [0.1, 0.15) is 6.54 Å². The lowest BCUT2D eigenvalue weighted by Gasteiger charge is -2.38. The Balaban J connectivity index is 0.00000243. The van der Waals surface area contributed by atoms with Gasteiger partial charge in [-0.15, -0.1) is 0 Å². The normalized spacial score (nSPS) is 19.3. The van der Waals surface area contributed by atoms with Gasteiger partial charge in [-0.1, -0.05) is 60.7 Å². The number of rotatable bonds is 4. The smallest absolute Gasteiger partial charge is 0.348 e. The SMILES string of the molecule is C[N+]1(C)CCC[C@@H](OC(=O)C(O)(c2ccccc2)c2ccccc2)C1.[Br-]. The third-order valence-corrected chi connectivity index (χ3v) is 4.94. The van der Waals surface area contributed by atoms with E-state index in [-0.39, 0.29) is 23.1 Å². The number of nitrogens with zero attached hydrogens (tertiary/aromatic N) is 1. The standard InChI is InChI=1S/C21H26NO3.BrH/c1-22(2)15-9-14-19(16-22)25-20(23)21(24,17-10-5-3-6-11-17)18-12-7-4-8-13-18;/h3-8,10-13,19,24H,9,14-16H2,1-2H3;1H/q+1;/p-1/t19-;/m1./s1. The molecule has 1 N–H and O–H groups in total. The molecule has 0 aliphatic carbocycles. The largest absolute Gasteiger partial charge is 1.00 e. The van der Waals surface area contributed by atoms with Crippen molar-refractivity contribution in [3.63, 3.8) is 0 Å². The zero-order valence-corrected chi connectivity index (χ0v) is 16.9. The van der Waals surface area contributed by atoms with Crippen LogP contribution in [-0.2, 0) is 15.1 Å². The van der Waals surface area contributed by atoms with Crippen LogP contribution < -0.4 is 17.0 Å². The maximum absolute atomic E-state index is 13.1. The number of halogens is 1. The lowest BCUT2D eigenvalue weighted by molar-refractivity contribution is -0.898. The van der Waals surface area contributed by atoms with Crippen molar-refractivity contribution in [3.05, 3.63) is 71.8 Å². The fourth-order valence-corrected chi connectivity index (χ4v) is 3.57. The van der Waals surface area contributed by atoms with Crippen molar-refractivity contribution < 1.29 is 36.1 Å². The van der Waals surface area contributed by atoms with Crippen LogP contribution in [0.3, 0.4) is 0 Å². The highest BCUT2D eigenvalue weighted by Gasteiger charge is 2.43. The third-order valence-electron chi connectivity index (χ3n) is 4.94. The molecule has 3 rings (SSSR count). The first-order valence-corrected chi connectivity index (χ1v) is 8.78. The molecule has 1 atom stereocenters. The number of aliphatic hydroxyl groups is 1. The minimum absolute atomic E-state index is 0. The zero-order valence-electron chi connectivity index (χ0n) is 15.3. The molecule has 1 heterocycles. The van der Waals surface area contributed by atoms with Gasteiger partial charge in [-0.2, -0.15) is 0 Å². The average Bonchev–Trinajstić information content (AvgIpc) is 2.61. The number of carbonyl (C=O) groups is 1. The molecule has 26 heavy (non-hydrogen) atoms. The molecule has 5 heteroatoms.